The second-order valence-electron chi connectivity index (χ2n) is 5.08. The fourth-order valence-electron chi connectivity index (χ4n) is 2.31. The number of esters is 1. The van der Waals surface area contributed by atoms with E-state index in [-0.39, 0.29) is 27.7 Å². The maximum absolute atomic E-state index is 12.4. The highest BCUT2D eigenvalue weighted by atomic mass is 35.5. The van der Waals surface area contributed by atoms with Crippen LogP contribution in [-0.4, -0.2) is 20.7 Å². The van der Waals surface area contributed by atoms with Crippen LogP contribution in [0.4, 0.5) is 5.69 Å². The Hall–Kier alpha value is -3.26. The minimum Gasteiger partial charge on any atom is -0.422 e. The van der Waals surface area contributed by atoms with Crippen LogP contribution in [0.15, 0.2) is 47.3 Å². The van der Waals surface area contributed by atoms with Crippen molar-refractivity contribution in [3.8, 4) is 5.75 Å². The van der Waals surface area contributed by atoms with Crippen LogP contribution >= 0.6 is 11.6 Å². The van der Waals surface area contributed by atoms with E-state index in [1.165, 1.54) is 19.2 Å². The molecule has 0 amide bonds. The maximum atomic E-state index is 12.4. The summed E-state index contributed by atoms with van der Waals surface area (Å²) in [6.45, 7) is 0. The van der Waals surface area contributed by atoms with Gasteiger partial charge in [0, 0.05) is 24.6 Å². The molecule has 3 rings (SSSR count). The topological polar surface area (TPSA) is 104 Å². The quantitative estimate of drug-likeness (QED) is 0.308. The molecule has 0 aliphatic heterocycles. The summed E-state index contributed by atoms with van der Waals surface area (Å²) in [7, 11) is 1.42. The van der Waals surface area contributed by atoms with Gasteiger partial charge in [0.2, 0.25) is 0 Å². The monoisotopic (exact) mass is 359 g/mol. The largest absolute Gasteiger partial charge is 0.422 e. The van der Waals surface area contributed by atoms with E-state index in [0.717, 1.165) is 10.7 Å². The van der Waals surface area contributed by atoms with Gasteiger partial charge < -0.3 is 4.74 Å². The maximum Gasteiger partial charge on any atom is 0.364 e. The molecule has 25 heavy (non-hydrogen) atoms. The first-order valence-electron chi connectivity index (χ1n) is 7.00. The Morgan fingerprint density at radius 1 is 1.24 bits per heavy atom. The van der Waals surface area contributed by atoms with Gasteiger partial charge in [0.05, 0.1) is 10.3 Å². The number of fused-ring (bicyclic) bond motifs is 1. The molecule has 0 fully saturated rings. The van der Waals surface area contributed by atoms with Gasteiger partial charge in [-0.3, -0.25) is 14.9 Å². The van der Waals surface area contributed by atoms with Crippen molar-refractivity contribution in [1.29, 1.82) is 0 Å². The number of carbonyl (C=O) groups excluding carboxylic acids is 1. The second kappa shape index (κ2) is 6.33. The zero-order valence-corrected chi connectivity index (χ0v) is 13.6. The first kappa shape index (κ1) is 16.6. The molecular formula is C16H10ClN3O5. The van der Waals surface area contributed by atoms with Crippen LogP contribution < -0.4 is 10.3 Å². The molecule has 2 aromatic carbocycles. The molecular weight excluding hydrogens is 350 g/mol. The van der Waals surface area contributed by atoms with Crippen LogP contribution in [0.1, 0.15) is 10.5 Å². The SMILES string of the molecule is Cn1nc(C(=O)Oc2ccc([N+](=O)[O-])c(Cl)c2)c2ccccc2c1=O. The fraction of sp³-hybridized carbons (Fsp3) is 0.0625. The lowest BCUT2D eigenvalue weighted by Crippen LogP contribution is -2.24. The lowest BCUT2D eigenvalue weighted by molar-refractivity contribution is -0.384. The normalized spacial score (nSPS) is 10.6. The first-order chi connectivity index (χ1) is 11.9. The summed E-state index contributed by atoms with van der Waals surface area (Å²) in [4.78, 5) is 34.6. The van der Waals surface area contributed by atoms with Gasteiger partial charge >= 0.3 is 5.97 Å². The molecule has 1 heterocycles. The van der Waals surface area contributed by atoms with E-state index in [2.05, 4.69) is 5.10 Å². The van der Waals surface area contributed by atoms with Gasteiger partial charge in [-0.1, -0.05) is 29.8 Å². The molecule has 0 saturated heterocycles. The van der Waals surface area contributed by atoms with Crippen molar-refractivity contribution in [3.05, 3.63) is 73.6 Å². The van der Waals surface area contributed by atoms with Gasteiger partial charge in [-0.05, 0) is 12.1 Å². The number of nitro groups is 1. The smallest absolute Gasteiger partial charge is 0.364 e. The molecule has 126 valence electrons. The standard InChI is InChI=1S/C16H10ClN3O5/c1-19-15(21)11-5-3-2-4-10(11)14(18-19)16(22)25-9-6-7-13(20(23)24)12(17)8-9/h2-8H,1H3. The predicted molar refractivity (Wildman–Crippen MR) is 90.0 cm³/mol. The van der Waals surface area contributed by atoms with Gasteiger partial charge in [-0.15, -0.1) is 0 Å². The number of nitro benzene ring substituents is 1. The number of carbonyl (C=O) groups is 1. The minimum absolute atomic E-state index is 0.0281. The fourth-order valence-corrected chi connectivity index (χ4v) is 2.54. The predicted octanol–water partition coefficient (Wildman–Crippen LogP) is 2.71. The van der Waals surface area contributed by atoms with Gasteiger partial charge in [0.1, 0.15) is 10.8 Å². The number of aryl methyl sites for hydroxylation is 1. The minimum atomic E-state index is -0.809. The molecule has 3 aromatic rings. The Labute approximate surface area is 145 Å². The summed E-state index contributed by atoms with van der Waals surface area (Å²) in [5.74, 6) is -0.781. The van der Waals surface area contributed by atoms with E-state index in [1.807, 2.05) is 0 Å². The van der Waals surface area contributed by atoms with E-state index >= 15 is 0 Å². The Balaban J connectivity index is 2.01. The molecule has 8 nitrogen and oxygen atoms in total. The van der Waals surface area contributed by atoms with E-state index in [9.17, 15) is 19.7 Å². The molecule has 9 heteroatoms. The summed E-state index contributed by atoms with van der Waals surface area (Å²) in [5, 5.41) is 15.2. The van der Waals surface area contributed by atoms with Crippen molar-refractivity contribution in [3.63, 3.8) is 0 Å². The number of benzene rings is 2. The Bertz CT molecular complexity index is 1080. The van der Waals surface area contributed by atoms with E-state index < -0.39 is 10.9 Å². The summed E-state index contributed by atoms with van der Waals surface area (Å²) < 4.78 is 6.24. The van der Waals surface area contributed by atoms with Crippen LogP contribution in [0, 0.1) is 10.1 Å². The van der Waals surface area contributed by atoms with Gasteiger partial charge in [-0.25, -0.2) is 9.48 Å². The molecule has 0 bridgehead atoms. The number of halogens is 1. The van der Waals surface area contributed by atoms with Crippen LogP contribution in [0.3, 0.4) is 0 Å². The molecule has 0 unspecified atom stereocenters. The number of ether oxygens (including phenoxy) is 1. The summed E-state index contributed by atoms with van der Waals surface area (Å²) in [5.41, 5.74) is -0.690. The van der Waals surface area contributed by atoms with E-state index in [1.54, 1.807) is 24.3 Å². The molecule has 0 atom stereocenters. The zero-order valence-electron chi connectivity index (χ0n) is 12.8. The third-order valence-electron chi connectivity index (χ3n) is 3.48. The van der Waals surface area contributed by atoms with Crippen molar-refractivity contribution >= 4 is 34.0 Å². The molecule has 0 radical (unpaired) electrons. The summed E-state index contributed by atoms with van der Waals surface area (Å²) in [6, 6.07) is 10.1. The highest BCUT2D eigenvalue weighted by molar-refractivity contribution is 6.32. The zero-order chi connectivity index (χ0) is 18.1. The number of aromatic nitrogens is 2. The third-order valence-corrected chi connectivity index (χ3v) is 3.78. The number of rotatable bonds is 3. The number of nitrogens with zero attached hydrogens (tertiary/aromatic N) is 3. The Morgan fingerprint density at radius 3 is 2.56 bits per heavy atom. The Morgan fingerprint density at radius 2 is 1.92 bits per heavy atom. The van der Waals surface area contributed by atoms with Crippen molar-refractivity contribution in [2.75, 3.05) is 0 Å². The molecule has 1 aromatic heterocycles. The molecule has 0 aliphatic carbocycles. The highest BCUT2D eigenvalue weighted by Gasteiger charge is 2.19. The summed E-state index contributed by atoms with van der Waals surface area (Å²) >= 11 is 5.80. The van der Waals surface area contributed by atoms with Crippen LogP contribution in [0.25, 0.3) is 10.8 Å². The van der Waals surface area contributed by atoms with Gasteiger partial charge in [-0.2, -0.15) is 5.10 Å². The average Bonchev–Trinajstić information content (AvgIpc) is 2.57. The lowest BCUT2D eigenvalue weighted by atomic mass is 10.1. The Kier molecular flexibility index (Phi) is 4.20. The van der Waals surface area contributed by atoms with Crippen LogP contribution in [-0.2, 0) is 7.05 Å². The molecule has 0 N–H and O–H groups in total. The van der Waals surface area contributed by atoms with Gasteiger partial charge in [0.15, 0.2) is 5.69 Å². The van der Waals surface area contributed by atoms with Gasteiger partial charge in [0.25, 0.3) is 11.2 Å². The van der Waals surface area contributed by atoms with Crippen molar-refractivity contribution in [2.45, 2.75) is 0 Å². The first-order valence-corrected chi connectivity index (χ1v) is 7.38. The van der Waals surface area contributed by atoms with Crippen LogP contribution in [0.2, 0.25) is 5.02 Å². The average molecular weight is 360 g/mol. The van der Waals surface area contributed by atoms with Crippen molar-refractivity contribution in [1.82, 2.24) is 9.78 Å². The number of hydrogen-bond acceptors (Lipinski definition) is 6. The van der Waals surface area contributed by atoms with Crippen molar-refractivity contribution < 1.29 is 14.5 Å². The summed E-state index contributed by atoms with van der Waals surface area (Å²) in [6.07, 6.45) is 0. The lowest BCUT2D eigenvalue weighted by Gasteiger charge is -2.08. The van der Waals surface area contributed by atoms with E-state index in [0.29, 0.717) is 10.8 Å². The van der Waals surface area contributed by atoms with E-state index in [4.69, 9.17) is 16.3 Å². The molecule has 0 spiro atoms. The van der Waals surface area contributed by atoms with Crippen molar-refractivity contribution in [2.24, 2.45) is 7.05 Å². The van der Waals surface area contributed by atoms with Crippen LogP contribution in [0.5, 0.6) is 5.75 Å². The second-order valence-corrected chi connectivity index (χ2v) is 5.49. The third kappa shape index (κ3) is 3.07. The molecule has 0 aliphatic rings. The molecule has 0 saturated carbocycles. The number of hydrogen-bond donors (Lipinski definition) is 0. The highest BCUT2D eigenvalue weighted by Crippen LogP contribution is 2.29.